The highest BCUT2D eigenvalue weighted by atomic mass is 32.1. The minimum absolute atomic E-state index is 0.599. The van der Waals surface area contributed by atoms with E-state index in [1.807, 2.05) is 37.4 Å². The van der Waals surface area contributed by atoms with Crippen LogP contribution in [0.4, 0.5) is 0 Å². The molecule has 2 rings (SSSR count). The van der Waals surface area contributed by atoms with Crippen molar-refractivity contribution in [3.63, 3.8) is 0 Å². The first-order valence-corrected chi connectivity index (χ1v) is 7.22. The van der Waals surface area contributed by atoms with Crippen molar-refractivity contribution < 1.29 is 0 Å². The molecule has 0 heterocycles. The Morgan fingerprint density at radius 3 is 2.48 bits per heavy atom. The molecule has 108 valence electrons. The van der Waals surface area contributed by atoms with E-state index in [2.05, 4.69) is 41.6 Å². The molecule has 0 aromatic heterocycles. The highest BCUT2D eigenvalue weighted by Crippen LogP contribution is 2.01. The molecule has 0 fully saturated rings. The largest absolute Gasteiger partial charge is 0.357 e. The quantitative estimate of drug-likeness (QED) is 0.533. The Morgan fingerprint density at radius 1 is 1.14 bits per heavy atom. The average molecular weight is 297 g/mol. The van der Waals surface area contributed by atoms with E-state index in [0.717, 1.165) is 5.56 Å². The Balaban J connectivity index is 1.86. The molecule has 2 aromatic carbocycles. The molecular formula is C17H19N3S. The lowest BCUT2D eigenvalue weighted by atomic mass is 10.2. The molecule has 4 heteroatoms. The van der Waals surface area contributed by atoms with Crippen molar-refractivity contribution in [2.75, 3.05) is 7.05 Å². The van der Waals surface area contributed by atoms with Crippen LogP contribution in [0.5, 0.6) is 0 Å². The second kappa shape index (κ2) is 7.55. The van der Waals surface area contributed by atoms with Crippen molar-refractivity contribution in [1.82, 2.24) is 10.3 Å². The summed E-state index contributed by atoms with van der Waals surface area (Å²) in [5.74, 6) is 0. The number of rotatable bonds is 4. The normalized spacial score (nSPS) is 10.6. The second-order valence-electron chi connectivity index (χ2n) is 4.82. The summed E-state index contributed by atoms with van der Waals surface area (Å²) >= 11 is 5.31. The van der Waals surface area contributed by atoms with E-state index < -0.39 is 0 Å². The SMILES string of the molecule is Cc1ccc(/C=N\N(C)C(=S)NCc2ccccc2)cc1. The van der Waals surface area contributed by atoms with Gasteiger partial charge in [0, 0.05) is 13.6 Å². The molecule has 2 aromatic rings. The number of thiocarbonyl (C=S) groups is 1. The number of hydrazone groups is 1. The third-order valence-electron chi connectivity index (χ3n) is 3.04. The minimum Gasteiger partial charge on any atom is -0.357 e. The van der Waals surface area contributed by atoms with Crippen molar-refractivity contribution in [3.8, 4) is 0 Å². The Morgan fingerprint density at radius 2 is 1.81 bits per heavy atom. The lowest BCUT2D eigenvalue weighted by Crippen LogP contribution is -2.33. The van der Waals surface area contributed by atoms with Crippen LogP contribution < -0.4 is 5.32 Å². The van der Waals surface area contributed by atoms with Gasteiger partial charge in [-0.3, -0.25) is 0 Å². The molecule has 0 aliphatic rings. The summed E-state index contributed by atoms with van der Waals surface area (Å²) in [5, 5.41) is 9.79. The van der Waals surface area contributed by atoms with Gasteiger partial charge in [-0.1, -0.05) is 60.2 Å². The Bertz CT molecular complexity index is 606. The van der Waals surface area contributed by atoms with Crippen LogP contribution in [-0.4, -0.2) is 23.4 Å². The van der Waals surface area contributed by atoms with Gasteiger partial charge in [0.15, 0.2) is 5.11 Å². The van der Waals surface area contributed by atoms with Crippen molar-refractivity contribution in [2.45, 2.75) is 13.5 Å². The van der Waals surface area contributed by atoms with Crippen molar-refractivity contribution in [1.29, 1.82) is 0 Å². The summed E-state index contributed by atoms with van der Waals surface area (Å²) in [5.41, 5.74) is 3.48. The zero-order valence-electron chi connectivity index (χ0n) is 12.3. The molecule has 0 saturated heterocycles. The molecule has 3 nitrogen and oxygen atoms in total. The fourth-order valence-electron chi connectivity index (χ4n) is 1.75. The molecule has 0 atom stereocenters. The third-order valence-corrected chi connectivity index (χ3v) is 3.45. The lowest BCUT2D eigenvalue weighted by molar-refractivity contribution is 0.532. The van der Waals surface area contributed by atoms with Gasteiger partial charge in [-0.15, -0.1) is 0 Å². The molecule has 0 saturated carbocycles. The molecule has 0 aliphatic carbocycles. The molecule has 0 spiro atoms. The highest BCUT2D eigenvalue weighted by molar-refractivity contribution is 7.80. The molecule has 21 heavy (non-hydrogen) atoms. The van der Waals surface area contributed by atoms with Crippen molar-refractivity contribution in [2.24, 2.45) is 5.10 Å². The number of aryl methyl sites for hydroxylation is 1. The van der Waals surface area contributed by atoms with Crippen LogP contribution in [0.3, 0.4) is 0 Å². The standard InChI is InChI=1S/C17H19N3S/c1-14-8-10-16(11-9-14)13-19-20(2)17(21)18-12-15-6-4-3-5-7-15/h3-11,13H,12H2,1-2H3,(H,18,21)/b19-13-. The number of hydrogen-bond donors (Lipinski definition) is 1. The van der Waals surface area contributed by atoms with E-state index in [-0.39, 0.29) is 0 Å². The summed E-state index contributed by atoms with van der Waals surface area (Å²) < 4.78 is 0. The Hall–Kier alpha value is -2.20. The van der Waals surface area contributed by atoms with Gasteiger partial charge in [-0.05, 0) is 30.3 Å². The van der Waals surface area contributed by atoms with E-state index >= 15 is 0 Å². The molecule has 1 N–H and O–H groups in total. The Labute approximate surface area is 131 Å². The third kappa shape index (κ3) is 5.00. The fraction of sp³-hybridized carbons (Fsp3) is 0.176. The van der Waals surface area contributed by atoms with Gasteiger partial charge in [0.25, 0.3) is 0 Å². The predicted octanol–water partition coefficient (Wildman–Crippen LogP) is 3.34. The number of nitrogens with one attached hydrogen (secondary N) is 1. The molecule has 0 radical (unpaired) electrons. The lowest BCUT2D eigenvalue weighted by Gasteiger charge is -2.15. The van der Waals surface area contributed by atoms with Crippen LogP contribution in [0.15, 0.2) is 59.7 Å². The topological polar surface area (TPSA) is 27.6 Å². The summed E-state index contributed by atoms with van der Waals surface area (Å²) in [6.07, 6.45) is 1.80. The predicted molar refractivity (Wildman–Crippen MR) is 92.4 cm³/mol. The van der Waals surface area contributed by atoms with Crippen LogP contribution in [-0.2, 0) is 6.54 Å². The summed E-state index contributed by atoms with van der Waals surface area (Å²) in [4.78, 5) is 0. The van der Waals surface area contributed by atoms with Crippen LogP contribution in [0.1, 0.15) is 16.7 Å². The summed E-state index contributed by atoms with van der Waals surface area (Å²) in [6.45, 7) is 2.76. The fourth-order valence-corrected chi connectivity index (χ4v) is 1.87. The van der Waals surface area contributed by atoms with Gasteiger partial charge >= 0.3 is 0 Å². The van der Waals surface area contributed by atoms with Crippen molar-refractivity contribution >= 4 is 23.5 Å². The molecule has 0 amide bonds. The van der Waals surface area contributed by atoms with Crippen LogP contribution >= 0.6 is 12.2 Å². The zero-order chi connectivity index (χ0) is 15.1. The first-order chi connectivity index (χ1) is 10.1. The van der Waals surface area contributed by atoms with E-state index in [1.165, 1.54) is 11.1 Å². The van der Waals surface area contributed by atoms with Gasteiger partial charge in [0.1, 0.15) is 0 Å². The van der Waals surface area contributed by atoms with Gasteiger partial charge in [0.2, 0.25) is 0 Å². The highest BCUT2D eigenvalue weighted by Gasteiger charge is 2.01. The summed E-state index contributed by atoms with van der Waals surface area (Å²) in [7, 11) is 1.84. The van der Waals surface area contributed by atoms with Crippen LogP contribution in [0.25, 0.3) is 0 Å². The van der Waals surface area contributed by atoms with Gasteiger partial charge < -0.3 is 5.32 Å². The van der Waals surface area contributed by atoms with E-state index in [1.54, 1.807) is 11.2 Å². The first kappa shape index (κ1) is 15.2. The van der Waals surface area contributed by atoms with Crippen molar-refractivity contribution in [3.05, 3.63) is 71.3 Å². The number of benzene rings is 2. The average Bonchev–Trinajstić information content (AvgIpc) is 2.52. The summed E-state index contributed by atoms with van der Waals surface area (Å²) in [6, 6.07) is 18.3. The number of hydrogen-bond acceptors (Lipinski definition) is 2. The van der Waals surface area contributed by atoms with E-state index in [0.29, 0.717) is 11.7 Å². The molecule has 0 unspecified atom stereocenters. The van der Waals surface area contributed by atoms with Crippen LogP contribution in [0.2, 0.25) is 0 Å². The van der Waals surface area contributed by atoms with Gasteiger partial charge in [0.05, 0.1) is 6.21 Å². The van der Waals surface area contributed by atoms with Gasteiger partial charge in [-0.25, -0.2) is 5.01 Å². The first-order valence-electron chi connectivity index (χ1n) is 6.81. The zero-order valence-corrected chi connectivity index (χ0v) is 13.1. The maximum Gasteiger partial charge on any atom is 0.189 e. The monoisotopic (exact) mass is 297 g/mol. The molecule has 0 aliphatic heterocycles. The van der Waals surface area contributed by atoms with Crippen LogP contribution in [0, 0.1) is 6.92 Å². The minimum atomic E-state index is 0.599. The maximum atomic E-state index is 5.31. The molecular weight excluding hydrogens is 278 g/mol. The van der Waals surface area contributed by atoms with E-state index in [4.69, 9.17) is 12.2 Å². The van der Waals surface area contributed by atoms with E-state index in [9.17, 15) is 0 Å². The van der Waals surface area contributed by atoms with Gasteiger partial charge in [-0.2, -0.15) is 5.10 Å². The molecule has 0 bridgehead atoms. The Kier molecular flexibility index (Phi) is 5.46. The maximum absolute atomic E-state index is 5.31. The number of nitrogens with zero attached hydrogens (tertiary/aromatic N) is 2. The second-order valence-corrected chi connectivity index (χ2v) is 5.21. The smallest absolute Gasteiger partial charge is 0.189 e.